The first-order chi connectivity index (χ1) is 10.3. The summed E-state index contributed by atoms with van der Waals surface area (Å²) in [5, 5.41) is 5.63. The van der Waals surface area contributed by atoms with E-state index in [2.05, 4.69) is 15.6 Å². The third kappa shape index (κ3) is 5.31. The minimum absolute atomic E-state index is 0.264. The van der Waals surface area contributed by atoms with Gasteiger partial charge in [-0.05, 0) is 30.7 Å². The molecule has 0 atom stereocenters. The van der Waals surface area contributed by atoms with Crippen LogP contribution in [0.3, 0.4) is 0 Å². The SMILES string of the molecule is O=C(NCCCOc1ccccc1)Nc1cccnc1Cl. The molecular weight excluding hydrogens is 290 g/mol. The second kappa shape index (κ2) is 8.11. The monoisotopic (exact) mass is 305 g/mol. The van der Waals surface area contributed by atoms with Gasteiger partial charge in [0, 0.05) is 12.7 Å². The maximum atomic E-state index is 11.6. The summed E-state index contributed by atoms with van der Waals surface area (Å²) in [6.07, 6.45) is 2.27. The summed E-state index contributed by atoms with van der Waals surface area (Å²) in [5.74, 6) is 0.823. The highest BCUT2D eigenvalue weighted by Gasteiger charge is 2.04. The van der Waals surface area contributed by atoms with E-state index in [4.69, 9.17) is 16.3 Å². The van der Waals surface area contributed by atoms with Gasteiger partial charge >= 0.3 is 6.03 Å². The molecule has 0 bridgehead atoms. The van der Waals surface area contributed by atoms with Gasteiger partial charge in [-0.3, -0.25) is 0 Å². The zero-order chi connectivity index (χ0) is 14.9. The largest absolute Gasteiger partial charge is 0.494 e. The van der Waals surface area contributed by atoms with Crippen LogP contribution in [0.2, 0.25) is 5.15 Å². The van der Waals surface area contributed by atoms with Crippen molar-refractivity contribution < 1.29 is 9.53 Å². The second-order valence-corrected chi connectivity index (χ2v) is 4.60. The van der Waals surface area contributed by atoms with Crippen molar-refractivity contribution in [2.24, 2.45) is 0 Å². The Bertz CT molecular complexity index is 578. The van der Waals surface area contributed by atoms with E-state index in [1.54, 1.807) is 18.3 Å². The van der Waals surface area contributed by atoms with Gasteiger partial charge in [0.05, 0.1) is 12.3 Å². The molecule has 0 saturated carbocycles. The Labute approximate surface area is 128 Å². The molecule has 21 heavy (non-hydrogen) atoms. The van der Waals surface area contributed by atoms with Crippen LogP contribution in [0.15, 0.2) is 48.7 Å². The molecule has 2 amide bonds. The van der Waals surface area contributed by atoms with Gasteiger partial charge < -0.3 is 15.4 Å². The molecule has 110 valence electrons. The van der Waals surface area contributed by atoms with Crippen LogP contribution in [0.4, 0.5) is 10.5 Å². The molecular formula is C15H16ClN3O2. The van der Waals surface area contributed by atoms with Gasteiger partial charge in [0.15, 0.2) is 5.15 Å². The lowest BCUT2D eigenvalue weighted by Crippen LogP contribution is -2.30. The Morgan fingerprint density at radius 2 is 2.00 bits per heavy atom. The molecule has 0 aliphatic rings. The van der Waals surface area contributed by atoms with Crippen molar-refractivity contribution in [3.63, 3.8) is 0 Å². The van der Waals surface area contributed by atoms with Crippen LogP contribution in [0.25, 0.3) is 0 Å². The number of nitrogens with zero attached hydrogens (tertiary/aromatic N) is 1. The normalized spacial score (nSPS) is 9.95. The van der Waals surface area contributed by atoms with Crippen LogP contribution >= 0.6 is 11.6 Å². The van der Waals surface area contributed by atoms with E-state index in [1.165, 1.54) is 0 Å². The zero-order valence-corrected chi connectivity index (χ0v) is 12.1. The van der Waals surface area contributed by atoms with Crippen molar-refractivity contribution in [1.82, 2.24) is 10.3 Å². The molecule has 0 saturated heterocycles. The molecule has 0 radical (unpaired) electrons. The van der Waals surface area contributed by atoms with E-state index in [-0.39, 0.29) is 11.2 Å². The van der Waals surface area contributed by atoms with E-state index in [1.807, 2.05) is 30.3 Å². The van der Waals surface area contributed by atoms with Gasteiger partial charge in [-0.15, -0.1) is 0 Å². The highest BCUT2D eigenvalue weighted by Crippen LogP contribution is 2.16. The lowest BCUT2D eigenvalue weighted by atomic mass is 10.3. The molecule has 0 unspecified atom stereocenters. The summed E-state index contributed by atoms with van der Waals surface area (Å²) in [4.78, 5) is 15.5. The Hall–Kier alpha value is -2.27. The highest BCUT2D eigenvalue weighted by molar-refractivity contribution is 6.32. The van der Waals surface area contributed by atoms with E-state index >= 15 is 0 Å². The van der Waals surface area contributed by atoms with Crippen LogP contribution in [0, 0.1) is 0 Å². The standard InChI is InChI=1S/C15H16ClN3O2/c16-14-13(8-4-9-17-14)19-15(20)18-10-5-11-21-12-6-2-1-3-7-12/h1-4,6-9H,5,10-11H2,(H2,18,19,20). The number of nitrogens with one attached hydrogen (secondary N) is 2. The first-order valence-corrected chi connectivity index (χ1v) is 6.97. The number of pyridine rings is 1. The first kappa shape index (κ1) is 15.1. The molecule has 2 rings (SSSR count). The van der Waals surface area contributed by atoms with Crippen LogP contribution in [-0.4, -0.2) is 24.2 Å². The predicted octanol–water partition coefficient (Wildman–Crippen LogP) is 3.33. The van der Waals surface area contributed by atoms with Crippen LogP contribution in [-0.2, 0) is 0 Å². The summed E-state index contributed by atoms with van der Waals surface area (Å²) < 4.78 is 5.52. The minimum atomic E-state index is -0.315. The van der Waals surface area contributed by atoms with Crippen molar-refractivity contribution in [1.29, 1.82) is 0 Å². The highest BCUT2D eigenvalue weighted by atomic mass is 35.5. The maximum absolute atomic E-state index is 11.6. The Balaban J connectivity index is 1.63. The predicted molar refractivity (Wildman–Crippen MR) is 82.8 cm³/mol. The average molecular weight is 306 g/mol. The van der Waals surface area contributed by atoms with E-state index < -0.39 is 0 Å². The fourth-order valence-electron chi connectivity index (χ4n) is 1.63. The maximum Gasteiger partial charge on any atom is 0.319 e. The molecule has 1 aromatic heterocycles. The van der Waals surface area contributed by atoms with E-state index in [9.17, 15) is 4.79 Å². The number of anilines is 1. The lowest BCUT2D eigenvalue weighted by molar-refractivity contribution is 0.250. The fraction of sp³-hybridized carbons (Fsp3) is 0.200. The van der Waals surface area contributed by atoms with Crippen molar-refractivity contribution in [3.8, 4) is 5.75 Å². The molecule has 0 spiro atoms. The van der Waals surface area contributed by atoms with Gasteiger partial charge in [0.2, 0.25) is 0 Å². The molecule has 5 nitrogen and oxygen atoms in total. The van der Waals surface area contributed by atoms with Crippen molar-refractivity contribution in [3.05, 3.63) is 53.8 Å². The number of rotatable bonds is 6. The molecule has 2 aromatic rings. The number of aromatic nitrogens is 1. The topological polar surface area (TPSA) is 63.2 Å². The number of para-hydroxylation sites is 1. The first-order valence-electron chi connectivity index (χ1n) is 6.59. The fourth-order valence-corrected chi connectivity index (χ4v) is 1.79. The molecule has 2 N–H and O–H groups in total. The number of hydrogen-bond donors (Lipinski definition) is 2. The number of ether oxygens (including phenoxy) is 1. The summed E-state index contributed by atoms with van der Waals surface area (Å²) in [6.45, 7) is 1.05. The lowest BCUT2D eigenvalue weighted by Gasteiger charge is -2.09. The van der Waals surface area contributed by atoms with E-state index in [0.717, 1.165) is 5.75 Å². The number of hydrogen-bond acceptors (Lipinski definition) is 3. The Kier molecular flexibility index (Phi) is 5.84. The number of halogens is 1. The van der Waals surface area contributed by atoms with Crippen molar-refractivity contribution in [2.45, 2.75) is 6.42 Å². The average Bonchev–Trinajstić information content (AvgIpc) is 2.50. The van der Waals surface area contributed by atoms with Gasteiger partial charge in [-0.1, -0.05) is 29.8 Å². The minimum Gasteiger partial charge on any atom is -0.494 e. The number of amides is 2. The Morgan fingerprint density at radius 3 is 2.76 bits per heavy atom. The van der Waals surface area contributed by atoms with E-state index in [0.29, 0.717) is 25.3 Å². The third-order valence-electron chi connectivity index (χ3n) is 2.63. The number of carbonyl (C=O) groups excluding carboxylic acids is 1. The molecule has 1 aromatic carbocycles. The molecule has 1 heterocycles. The molecule has 0 aliphatic heterocycles. The van der Waals surface area contributed by atoms with Crippen molar-refractivity contribution in [2.75, 3.05) is 18.5 Å². The summed E-state index contributed by atoms with van der Waals surface area (Å²) in [7, 11) is 0. The number of urea groups is 1. The summed E-state index contributed by atoms with van der Waals surface area (Å²) in [6, 6.07) is 12.6. The molecule has 0 aliphatic carbocycles. The Morgan fingerprint density at radius 1 is 1.19 bits per heavy atom. The van der Waals surface area contributed by atoms with Gasteiger partial charge in [0.25, 0.3) is 0 Å². The smallest absolute Gasteiger partial charge is 0.319 e. The molecule has 0 fully saturated rings. The van der Waals surface area contributed by atoms with Gasteiger partial charge in [0.1, 0.15) is 5.75 Å². The van der Waals surface area contributed by atoms with Gasteiger partial charge in [-0.25, -0.2) is 9.78 Å². The third-order valence-corrected chi connectivity index (χ3v) is 2.93. The van der Waals surface area contributed by atoms with Crippen molar-refractivity contribution >= 4 is 23.3 Å². The molecule has 6 heteroatoms. The van der Waals surface area contributed by atoms with Crippen LogP contribution in [0.5, 0.6) is 5.75 Å². The zero-order valence-electron chi connectivity index (χ0n) is 11.4. The quantitative estimate of drug-likeness (QED) is 0.635. The van der Waals surface area contributed by atoms with Crippen LogP contribution in [0.1, 0.15) is 6.42 Å². The summed E-state index contributed by atoms with van der Waals surface area (Å²) in [5.41, 5.74) is 0.484. The van der Waals surface area contributed by atoms with Crippen LogP contribution < -0.4 is 15.4 Å². The number of benzene rings is 1. The summed E-state index contributed by atoms with van der Waals surface area (Å²) >= 11 is 5.85. The van der Waals surface area contributed by atoms with Gasteiger partial charge in [-0.2, -0.15) is 0 Å². The number of carbonyl (C=O) groups is 1. The second-order valence-electron chi connectivity index (χ2n) is 4.24.